The lowest BCUT2D eigenvalue weighted by Gasteiger charge is -2.38. The molecule has 0 radical (unpaired) electrons. The Hall–Kier alpha value is -0.120. The van der Waals surface area contributed by atoms with E-state index in [1.54, 1.807) is 0 Å². The van der Waals surface area contributed by atoms with Crippen LogP contribution in [0.3, 0.4) is 0 Å². The van der Waals surface area contributed by atoms with Gasteiger partial charge in [-0.2, -0.15) is 0 Å². The summed E-state index contributed by atoms with van der Waals surface area (Å²) in [5, 5.41) is 9.51. The summed E-state index contributed by atoms with van der Waals surface area (Å²) in [7, 11) is 2.16. The van der Waals surface area contributed by atoms with Gasteiger partial charge in [0.2, 0.25) is 0 Å². The first-order valence-corrected chi connectivity index (χ1v) is 5.24. The summed E-state index contributed by atoms with van der Waals surface area (Å²) < 4.78 is 0. The van der Waals surface area contributed by atoms with Gasteiger partial charge in [0.25, 0.3) is 0 Å². The SMILES string of the molecule is CCC(O)CN1CCN(C)C(C)C1. The Morgan fingerprint density at radius 1 is 1.46 bits per heavy atom. The van der Waals surface area contributed by atoms with E-state index in [4.69, 9.17) is 0 Å². The van der Waals surface area contributed by atoms with E-state index in [0.717, 1.165) is 32.6 Å². The number of aliphatic hydroxyl groups is 1. The first kappa shape index (κ1) is 11.0. The number of likely N-dealkylation sites (N-methyl/N-ethyl adjacent to an activating group) is 1. The zero-order valence-corrected chi connectivity index (χ0v) is 9.03. The number of aliphatic hydroxyl groups excluding tert-OH is 1. The molecular formula is C10H22N2O. The molecular weight excluding hydrogens is 164 g/mol. The van der Waals surface area contributed by atoms with Crippen molar-refractivity contribution < 1.29 is 5.11 Å². The van der Waals surface area contributed by atoms with Crippen LogP contribution in [0.2, 0.25) is 0 Å². The third-order valence-electron chi connectivity index (χ3n) is 2.98. The van der Waals surface area contributed by atoms with Crippen LogP contribution in [0.25, 0.3) is 0 Å². The van der Waals surface area contributed by atoms with Gasteiger partial charge in [0.05, 0.1) is 6.10 Å². The van der Waals surface area contributed by atoms with E-state index >= 15 is 0 Å². The average Bonchev–Trinajstić information content (AvgIpc) is 2.11. The van der Waals surface area contributed by atoms with Crippen molar-refractivity contribution >= 4 is 0 Å². The average molecular weight is 186 g/mol. The minimum absolute atomic E-state index is 0.143. The van der Waals surface area contributed by atoms with Crippen LogP contribution >= 0.6 is 0 Å². The predicted molar refractivity (Wildman–Crippen MR) is 54.8 cm³/mol. The lowest BCUT2D eigenvalue weighted by Crippen LogP contribution is -2.51. The third-order valence-corrected chi connectivity index (χ3v) is 2.98. The van der Waals surface area contributed by atoms with Gasteiger partial charge < -0.3 is 10.0 Å². The molecule has 1 rings (SSSR count). The standard InChI is InChI=1S/C10H22N2O/c1-4-10(13)8-12-6-5-11(3)9(2)7-12/h9-10,13H,4-8H2,1-3H3. The first-order valence-electron chi connectivity index (χ1n) is 5.24. The lowest BCUT2D eigenvalue weighted by atomic mass is 10.2. The summed E-state index contributed by atoms with van der Waals surface area (Å²) >= 11 is 0. The molecule has 0 aromatic heterocycles. The number of nitrogens with zero attached hydrogens (tertiary/aromatic N) is 2. The van der Waals surface area contributed by atoms with Gasteiger partial charge in [-0.1, -0.05) is 6.92 Å². The largest absolute Gasteiger partial charge is 0.392 e. The molecule has 1 N–H and O–H groups in total. The molecule has 78 valence electrons. The highest BCUT2D eigenvalue weighted by molar-refractivity contribution is 4.77. The number of hydrogen-bond acceptors (Lipinski definition) is 3. The molecule has 0 spiro atoms. The van der Waals surface area contributed by atoms with E-state index < -0.39 is 0 Å². The van der Waals surface area contributed by atoms with Crippen LogP contribution in [0.15, 0.2) is 0 Å². The van der Waals surface area contributed by atoms with Gasteiger partial charge in [0.1, 0.15) is 0 Å². The van der Waals surface area contributed by atoms with Crippen LogP contribution in [0.5, 0.6) is 0 Å². The molecule has 1 fully saturated rings. The maximum absolute atomic E-state index is 9.51. The molecule has 1 heterocycles. The summed E-state index contributed by atoms with van der Waals surface area (Å²) in [5.74, 6) is 0. The molecule has 3 nitrogen and oxygen atoms in total. The van der Waals surface area contributed by atoms with Crippen molar-refractivity contribution in [2.24, 2.45) is 0 Å². The molecule has 1 saturated heterocycles. The highest BCUT2D eigenvalue weighted by Gasteiger charge is 2.21. The van der Waals surface area contributed by atoms with Gasteiger partial charge in [0.15, 0.2) is 0 Å². The fourth-order valence-corrected chi connectivity index (χ4v) is 1.72. The Morgan fingerprint density at radius 3 is 2.69 bits per heavy atom. The molecule has 1 aliphatic heterocycles. The summed E-state index contributed by atoms with van der Waals surface area (Å²) in [6, 6.07) is 0.623. The van der Waals surface area contributed by atoms with Crippen molar-refractivity contribution in [2.45, 2.75) is 32.4 Å². The van der Waals surface area contributed by atoms with Crippen molar-refractivity contribution in [3.63, 3.8) is 0 Å². The quantitative estimate of drug-likeness (QED) is 0.691. The van der Waals surface area contributed by atoms with Gasteiger partial charge in [-0.25, -0.2) is 0 Å². The normalized spacial score (nSPS) is 29.1. The molecule has 1 aliphatic rings. The minimum Gasteiger partial charge on any atom is -0.392 e. The maximum atomic E-state index is 9.51. The van der Waals surface area contributed by atoms with Crippen LogP contribution < -0.4 is 0 Å². The Morgan fingerprint density at radius 2 is 2.15 bits per heavy atom. The second kappa shape index (κ2) is 4.94. The predicted octanol–water partition coefficient (Wildman–Crippen LogP) is 0.393. The minimum atomic E-state index is -0.143. The van der Waals surface area contributed by atoms with Crippen molar-refractivity contribution in [3.05, 3.63) is 0 Å². The molecule has 0 aromatic carbocycles. The molecule has 2 unspecified atom stereocenters. The number of hydrogen-bond donors (Lipinski definition) is 1. The molecule has 0 aromatic rings. The highest BCUT2D eigenvalue weighted by atomic mass is 16.3. The van der Waals surface area contributed by atoms with Gasteiger partial charge in [-0.05, 0) is 20.4 Å². The first-order chi connectivity index (χ1) is 6.13. The monoisotopic (exact) mass is 186 g/mol. The molecule has 0 saturated carbocycles. The van der Waals surface area contributed by atoms with Gasteiger partial charge >= 0.3 is 0 Å². The number of piperazine rings is 1. The Balaban J connectivity index is 2.29. The Kier molecular flexibility index (Phi) is 4.16. The van der Waals surface area contributed by atoms with Crippen LogP contribution in [0, 0.1) is 0 Å². The summed E-state index contributed by atoms with van der Waals surface area (Å²) in [4.78, 5) is 4.73. The molecule has 0 bridgehead atoms. The Bertz CT molecular complexity index is 150. The van der Waals surface area contributed by atoms with E-state index in [1.165, 1.54) is 0 Å². The zero-order valence-electron chi connectivity index (χ0n) is 9.03. The summed E-state index contributed by atoms with van der Waals surface area (Å²) in [6.07, 6.45) is 0.719. The van der Waals surface area contributed by atoms with Gasteiger partial charge in [-0.3, -0.25) is 4.90 Å². The van der Waals surface area contributed by atoms with E-state index in [-0.39, 0.29) is 6.10 Å². The van der Waals surface area contributed by atoms with Crippen molar-refractivity contribution in [1.82, 2.24) is 9.80 Å². The maximum Gasteiger partial charge on any atom is 0.0664 e. The van der Waals surface area contributed by atoms with Crippen LogP contribution in [0.1, 0.15) is 20.3 Å². The van der Waals surface area contributed by atoms with Gasteiger partial charge in [-0.15, -0.1) is 0 Å². The van der Waals surface area contributed by atoms with Crippen LogP contribution in [-0.2, 0) is 0 Å². The smallest absolute Gasteiger partial charge is 0.0664 e. The van der Waals surface area contributed by atoms with Crippen LogP contribution in [0.4, 0.5) is 0 Å². The second-order valence-electron chi connectivity index (χ2n) is 4.15. The summed E-state index contributed by atoms with van der Waals surface area (Å²) in [5.41, 5.74) is 0. The third kappa shape index (κ3) is 3.25. The molecule has 2 atom stereocenters. The fraction of sp³-hybridized carbons (Fsp3) is 1.00. The molecule has 3 heteroatoms. The molecule has 0 aliphatic carbocycles. The van der Waals surface area contributed by atoms with Crippen molar-refractivity contribution in [3.8, 4) is 0 Å². The zero-order chi connectivity index (χ0) is 9.84. The lowest BCUT2D eigenvalue weighted by molar-refractivity contribution is 0.0558. The fourth-order valence-electron chi connectivity index (χ4n) is 1.72. The van der Waals surface area contributed by atoms with E-state index in [0.29, 0.717) is 6.04 Å². The number of β-amino-alcohol motifs (C(OH)–C–C–N with tert-alkyl or cyclic N) is 1. The van der Waals surface area contributed by atoms with Crippen LogP contribution in [-0.4, -0.2) is 60.3 Å². The summed E-state index contributed by atoms with van der Waals surface area (Å²) in [6.45, 7) is 8.42. The second-order valence-corrected chi connectivity index (χ2v) is 4.15. The number of rotatable bonds is 3. The topological polar surface area (TPSA) is 26.7 Å². The van der Waals surface area contributed by atoms with Gasteiger partial charge in [0, 0.05) is 32.2 Å². The highest BCUT2D eigenvalue weighted by Crippen LogP contribution is 2.07. The molecule has 0 amide bonds. The van der Waals surface area contributed by atoms with E-state index in [1.807, 2.05) is 6.92 Å². The van der Waals surface area contributed by atoms with Crippen molar-refractivity contribution in [1.29, 1.82) is 0 Å². The van der Waals surface area contributed by atoms with E-state index in [2.05, 4.69) is 23.8 Å². The van der Waals surface area contributed by atoms with E-state index in [9.17, 15) is 5.11 Å². The van der Waals surface area contributed by atoms with Crippen molar-refractivity contribution in [2.75, 3.05) is 33.2 Å². The molecule has 13 heavy (non-hydrogen) atoms. The Labute approximate surface area is 81.3 Å².